The highest BCUT2D eigenvalue weighted by atomic mass is 35.5. The fourth-order valence-corrected chi connectivity index (χ4v) is 2.89. The Kier molecular flexibility index (Phi) is 4.39. The van der Waals surface area contributed by atoms with E-state index in [0.717, 1.165) is 6.08 Å². The second-order valence-electron chi connectivity index (χ2n) is 5.62. The number of halogens is 6. The first-order chi connectivity index (χ1) is 11.6. The van der Waals surface area contributed by atoms with Gasteiger partial charge in [-0.05, 0) is 29.8 Å². The Morgan fingerprint density at radius 3 is 2.32 bits per heavy atom. The summed E-state index contributed by atoms with van der Waals surface area (Å²) in [5, 5.41) is 4.33. The van der Waals surface area contributed by atoms with Crippen LogP contribution in [0.1, 0.15) is 0 Å². The van der Waals surface area contributed by atoms with E-state index in [1.165, 1.54) is 43.6 Å². The van der Waals surface area contributed by atoms with Crippen LogP contribution in [0.15, 0.2) is 53.8 Å². The zero-order valence-electron chi connectivity index (χ0n) is 12.8. The van der Waals surface area contributed by atoms with Gasteiger partial charge in [-0.3, -0.25) is 0 Å². The van der Waals surface area contributed by atoms with E-state index < -0.39 is 22.3 Å². The number of benzene rings is 2. The van der Waals surface area contributed by atoms with Gasteiger partial charge in [0.1, 0.15) is 19.1 Å². The van der Waals surface area contributed by atoms with Crippen molar-refractivity contribution >= 4 is 34.6 Å². The maximum absolute atomic E-state index is 13.8. The molecule has 0 aliphatic carbocycles. The Balaban J connectivity index is 2.17. The van der Waals surface area contributed by atoms with E-state index in [0.29, 0.717) is 21.8 Å². The molecule has 2 nitrogen and oxygen atoms in total. The molecule has 130 valence electrons. The summed E-state index contributed by atoms with van der Waals surface area (Å²) in [5.74, 6) is -0.528. The van der Waals surface area contributed by atoms with Gasteiger partial charge in [-0.25, -0.2) is 4.39 Å². The molecular weight excluding hydrogens is 379 g/mol. The lowest BCUT2D eigenvalue weighted by atomic mass is 10.0. The Labute approximate surface area is 151 Å². The molecule has 1 atom stereocenters. The Morgan fingerprint density at radius 2 is 1.72 bits per heavy atom. The zero-order valence-corrected chi connectivity index (χ0v) is 14.3. The Morgan fingerprint density at radius 1 is 1.00 bits per heavy atom. The van der Waals surface area contributed by atoms with Crippen LogP contribution < -0.4 is 4.59 Å². The van der Waals surface area contributed by atoms with Gasteiger partial charge in [-0.15, -0.1) is 4.59 Å². The molecule has 2 aromatic rings. The predicted octanol–water partition coefficient (Wildman–Crippen LogP) is 6.18. The Hall–Kier alpha value is -1.89. The molecule has 0 spiro atoms. The first-order valence-corrected chi connectivity index (χ1v) is 7.84. The highest BCUT2D eigenvalue weighted by molar-refractivity contribution is 6.42. The largest absolute Gasteiger partial charge is 0.438 e. The molecule has 0 N–H and O–H groups in total. The van der Waals surface area contributed by atoms with Crippen LogP contribution in [-0.2, 0) is 0 Å². The molecule has 1 unspecified atom stereocenters. The zero-order chi connectivity index (χ0) is 18.4. The molecule has 1 aliphatic heterocycles. The molecule has 0 fully saturated rings. The van der Waals surface area contributed by atoms with E-state index in [-0.39, 0.29) is 5.02 Å². The smallest absolute Gasteiger partial charge is 0.207 e. The molecule has 1 heterocycles. The maximum atomic E-state index is 13.8. The summed E-state index contributed by atoms with van der Waals surface area (Å²) in [6.07, 6.45) is -2.37. The molecule has 0 amide bonds. The quantitative estimate of drug-likeness (QED) is 0.429. The van der Waals surface area contributed by atoms with E-state index in [4.69, 9.17) is 23.2 Å². The van der Waals surface area contributed by atoms with Gasteiger partial charge in [0.15, 0.2) is 5.69 Å². The van der Waals surface area contributed by atoms with Crippen molar-refractivity contribution in [2.75, 3.05) is 7.05 Å². The van der Waals surface area contributed by atoms with Crippen LogP contribution >= 0.6 is 23.2 Å². The van der Waals surface area contributed by atoms with Crippen molar-refractivity contribution in [3.63, 3.8) is 0 Å². The van der Waals surface area contributed by atoms with Crippen molar-refractivity contribution < 1.29 is 17.6 Å². The lowest BCUT2D eigenvalue weighted by Crippen LogP contribution is -2.32. The number of quaternary nitrogens is 1. The third-order valence-corrected chi connectivity index (χ3v) is 4.54. The lowest BCUT2D eigenvalue weighted by Gasteiger charge is -2.23. The normalized spacial score (nSPS) is 20.0. The second-order valence-corrected chi connectivity index (χ2v) is 6.43. The number of alkyl halides is 3. The molecule has 0 aromatic heterocycles. The van der Waals surface area contributed by atoms with Crippen LogP contribution in [0.5, 0.6) is 0 Å². The summed E-state index contributed by atoms with van der Waals surface area (Å²) in [7, 11) is 1.48. The van der Waals surface area contributed by atoms with Crippen LogP contribution in [0, 0.1) is 5.82 Å². The van der Waals surface area contributed by atoms with Crippen LogP contribution in [-0.4, -0.2) is 18.9 Å². The number of hydrogen-bond donors (Lipinski definition) is 0. The standard InChI is InChI=1S/C17H11Cl2F4N2/c1-25(7-6-16(24-25)17(21,22)23)15-5-3-11(20)9-12(15)10-2-4-13(18)14(19)8-10/h2-9H,1H3/q+1. The van der Waals surface area contributed by atoms with E-state index in [1.54, 1.807) is 6.07 Å². The number of allylic oxidation sites excluding steroid dienone is 1. The van der Waals surface area contributed by atoms with Crippen LogP contribution in [0.3, 0.4) is 0 Å². The monoisotopic (exact) mass is 389 g/mol. The van der Waals surface area contributed by atoms with Crippen LogP contribution in [0.4, 0.5) is 23.2 Å². The van der Waals surface area contributed by atoms with Crippen molar-refractivity contribution in [3.8, 4) is 11.1 Å². The molecule has 0 bridgehead atoms. The summed E-state index contributed by atoms with van der Waals surface area (Å²) in [6, 6.07) is 8.50. The lowest BCUT2D eigenvalue weighted by molar-refractivity contribution is -0.0581. The van der Waals surface area contributed by atoms with Crippen molar-refractivity contribution in [1.29, 1.82) is 0 Å². The van der Waals surface area contributed by atoms with E-state index in [9.17, 15) is 17.6 Å². The summed E-state index contributed by atoms with van der Waals surface area (Å²) in [4.78, 5) is 0. The number of hydrogen-bond acceptors (Lipinski definition) is 1. The first-order valence-electron chi connectivity index (χ1n) is 7.08. The summed E-state index contributed by atoms with van der Waals surface area (Å²) < 4.78 is 52.1. The van der Waals surface area contributed by atoms with Gasteiger partial charge in [-0.2, -0.15) is 13.2 Å². The molecule has 8 heteroatoms. The van der Waals surface area contributed by atoms with E-state index in [2.05, 4.69) is 5.10 Å². The third kappa shape index (κ3) is 3.42. The minimum absolute atomic E-state index is 0.258. The summed E-state index contributed by atoms with van der Waals surface area (Å²) in [6.45, 7) is 0. The summed E-state index contributed by atoms with van der Waals surface area (Å²) in [5.41, 5.74) is 0.264. The Bertz CT molecular complexity index is 906. The van der Waals surface area contributed by atoms with Crippen molar-refractivity contribution in [2.24, 2.45) is 5.10 Å². The molecule has 0 saturated heterocycles. The maximum Gasteiger partial charge on any atom is 0.438 e. The fraction of sp³-hybridized carbons (Fsp3) is 0.118. The minimum atomic E-state index is -4.56. The van der Waals surface area contributed by atoms with Gasteiger partial charge >= 0.3 is 6.18 Å². The average molecular weight is 390 g/mol. The van der Waals surface area contributed by atoms with E-state index in [1.807, 2.05) is 0 Å². The van der Waals surface area contributed by atoms with Crippen molar-refractivity contribution in [2.45, 2.75) is 6.18 Å². The molecule has 2 aromatic carbocycles. The molecule has 25 heavy (non-hydrogen) atoms. The van der Waals surface area contributed by atoms with Gasteiger partial charge < -0.3 is 0 Å². The highest BCUT2D eigenvalue weighted by Gasteiger charge is 2.43. The van der Waals surface area contributed by atoms with E-state index >= 15 is 0 Å². The summed E-state index contributed by atoms with van der Waals surface area (Å²) >= 11 is 11.9. The van der Waals surface area contributed by atoms with Crippen molar-refractivity contribution in [3.05, 3.63) is 64.5 Å². The second kappa shape index (κ2) is 6.12. The topological polar surface area (TPSA) is 12.4 Å². The first kappa shape index (κ1) is 17.9. The van der Waals surface area contributed by atoms with Gasteiger partial charge in [0.05, 0.1) is 10.0 Å². The van der Waals surface area contributed by atoms with Crippen LogP contribution in [0.2, 0.25) is 10.0 Å². The SMILES string of the molecule is C[N+]1(c2ccc(F)cc2-c2ccc(Cl)c(Cl)c2)C=CC(C(F)(F)F)=N1. The molecule has 0 saturated carbocycles. The highest BCUT2D eigenvalue weighted by Crippen LogP contribution is 2.40. The number of rotatable bonds is 2. The average Bonchev–Trinajstić information content (AvgIpc) is 2.93. The molecular formula is C17H11Cl2F4N2+. The van der Waals surface area contributed by atoms with Crippen LogP contribution in [0.25, 0.3) is 11.1 Å². The van der Waals surface area contributed by atoms with Gasteiger partial charge in [0.2, 0.25) is 5.71 Å². The van der Waals surface area contributed by atoms with Gasteiger partial charge in [-0.1, -0.05) is 34.4 Å². The fourth-order valence-electron chi connectivity index (χ4n) is 2.59. The molecule has 3 rings (SSSR count). The predicted molar refractivity (Wildman–Crippen MR) is 92.2 cm³/mol. The minimum Gasteiger partial charge on any atom is -0.207 e. The third-order valence-electron chi connectivity index (χ3n) is 3.81. The molecule has 1 aliphatic rings. The molecule has 0 radical (unpaired) electrons. The number of nitrogens with zero attached hydrogens (tertiary/aromatic N) is 2. The van der Waals surface area contributed by atoms with Gasteiger partial charge in [0.25, 0.3) is 0 Å². The van der Waals surface area contributed by atoms with Gasteiger partial charge in [0, 0.05) is 17.7 Å². The van der Waals surface area contributed by atoms with Crippen molar-refractivity contribution in [1.82, 2.24) is 4.59 Å².